The molecule has 0 unspecified atom stereocenters. The van der Waals surface area contributed by atoms with Crippen LogP contribution in [0.3, 0.4) is 0 Å². The van der Waals surface area contributed by atoms with E-state index in [0.29, 0.717) is 0 Å². The van der Waals surface area contributed by atoms with Crippen LogP contribution in [0.15, 0.2) is 12.2 Å². The maximum Gasteiger partial charge on any atom is 0.328 e. The molecule has 2 aliphatic heterocycles. The van der Waals surface area contributed by atoms with E-state index in [-0.39, 0.29) is 24.0 Å². The summed E-state index contributed by atoms with van der Waals surface area (Å²) in [4.78, 5) is 24.6. The van der Waals surface area contributed by atoms with Gasteiger partial charge in [0.15, 0.2) is 0 Å². The first-order valence-corrected chi connectivity index (χ1v) is 4.80. The third-order valence-electron chi connectivity index (χ3n) is 2.90. The summed E-state index contributed by atoms with van der Waals surface area (Å²) in [5, 5.41) is 0. The molecule has 0 bridgehead atoms. The second kappa shape index (κ2) is 3.44. The van der Waals surface area contributed by atoms with Gasteiger partial charge in [0, 0.05) is 6.04 Å². The van der Waals surface area contributed by atoms with E-state index in [0.717, 1.165) is 19.3 Å². The van der Waals surface area contributed by atoms with Crippen molar-refractivity contribution in [3.05, 3.63) is 12.2 Å². The fourth-order valence-corrected chi connectivity index (χ4v) is 2.23. The lowest BCUT2D eigenvalue weighted by molar-refractivity contribution is -0.150. The van der Waals surface area contributed by atoms with Crippen LogP contribution in [0.5, 0.6) is 0 Å². The minimum Gasteiger partial charge on any atom is -0.467 e. The highest BCUT2D eigenvalue weighted by atomic mass is 16.5. The Morgan fingerprint density at radius 3 is 3.07 bits per heavy atom. The summed E-state index contributed by atoms with van der Waals surface area (Å²) in [6.45, 7) is 0. The van der Waals surface area contributed by atoms with Crippen molar-refractivity contribution >= 4 is 11.9 Å². The van der Waals surface area contributed by atoms with E-state index in [9.17, 15) is 9.59 Å². The van der Waals surface area contributed by atoms with Crippen molar-refractivity contribution in [3.8, 4) is 0 Å². The van der Waals surface area contributed by atoms with Crippen LogP contribution < -0.4 is 0 Å². The Morgan fingerprint density at radius 2 is 2.36 bits per heavy atom. The van der Waals surface area contributed by atoms with E-state index in [1.54, 1.807) is 4.90 Å². The van der Waals surface area contributed by atoms with Crippen LogP contribution in [-0.2, 0) is 14.3 Å². The summed E-state index contributed by atoms with van der Waals surface area (Å²) in [5.41, 5.74) is 0. The molecule has 2 atom stereocenters. The predicted molar refractivity (Wildman–Crippen MR) is 49.4 cm³/mol. The van der Waals surface area contributed by atoms with Gasteiger partial charge in [0.05, 0.1) is 7.11 Å². The molecule has 0 spiro atoms. The first-order chi connectivity index (χ1) is 6.74. The van der Waals surface area contributed by atoms with Crippen molar-refractivity contribution in [2.24, 2.45) is 0 Å². The number of methoxy groups -OCH3 is 1. The monoisotopic (exact) mass is 195 g/mol. The van der Waals surface area contributed by atoms with Gasteiger partial charge in [-0.2, -0.15) is 0 Å². The molecule has 76 valence electrons. The van der Waals surface area contributed by atoms with E-state index in [4.69, 9.17) is 0 Å². The molecule has 0 aromatic rings. The molecule has 14 heavy (non-hydrogen) atoms. The number of nitrogens with zero attached hydrogens (tertiary/aromatic N) is 1. The summed E-state index contributed by atoms with van der Waals surface area (Å²) >= 11 is 0. The number of esters is 1. The number of carbonyl (C=O) groups is 2. The molecule has 0 aromatic heterocycles. The minimum absolute atomic E-state index is 0.0610. The molecule has 0 radical (unpaired) electrons. The van der Waals surface area contributed by atoms with Crippen LogP contribution in [0.4, 0.5) is 0 Å². The summed E-state index contributed by atoms with van der Waals surface area (Å²) in [7, 11) is 1.36. The molecule has 4 nitrogen and oxygen atoms in total. The van der Waals surface area contributed by atoms with E-state index in [1.165, 1.54) is 13.2 Å². The first-order valence-electron chi connectivity index (χ1n) is 4.80. The molecular formula is C10H13NO3. The van der Waals surface area contributed by atoms with Crippen molar-refractivity contribution in [1.82, 2.24) is 4.90 Å². The molecule has 0 aromatic carbocycles. The van der Waals surface area contributed by atoms with Crippen LogP contribution in [0, 0.1) is 0 Å². The van der Waals surface area contributed by atoms with Gasteiger partial charge in [-0.15, -0.1) is 0 Å². The van der Waals surface area contributed by atoms with Crippen LogP contribution in [0.25, 0.3) is 0 Å². The average Bonchev–Trinajstić information content (AvgIpc) is 2.62. The van der Waals surface area contributed by atoms with Gasteiger partial charge in [0.2, 0.25) is 5.91 Å². The molecule has 0 N–H and O–H groups in total. The van der Waals surface area contributed by atoms with Gasteiger partial charge < -0.3 is 9.64 Å². The van der Waals surface area contributed by atoms with Crippen molar-refractivity contribution in [1.29, 1.82) is 0 Å². The predicted octanol–water partition coefficient (Wildman–Crippen LogP) is 0.479. The van der Waals surface area contributed by atoms with Crippen molar-refractivity contribution in [2.75, 3.05) is 7.11 Å². The molecular weight excluding hydrogens is 182 g/mol. The minimum atomic E-state index is -0.359. The molecule has 2 rings (SSSR count). The number of ether oxygens (including phenoxy) is 1. The summed E-state index contributed by atoms with van der Waals surface area (Å²) in [5.74, 6) is -0.356. The molecule has 0 saturated carbocycles. The Balaban J connectivity index is 2.19. The smallest absolute Gasteiger partial charge is 0.328 e. The number of hydrogen-bond acceptors (Lipinski definition) is 3. The van der Waals surface area contributed by atoms with Gasteiger partial charge >= 0.3 is 5.97 Å². The summed E-state index contributed by atoms with van der Waals surface area (Å²) in [6.07, 6.45) is 5.90. The Bertz CT molecular complexity index is 298. The Hall–Kier alpha value is -1.32. The van der Waals surface area contributed by atoms with Crippen molar-refractivity contribution < 1.29 is 14.3 Å². The molecule has 1 amide bonds. The molecule has 1 fully saturated rings. The zero-order valence-corrected chi connectivity index (χ0v) is 8.10. The quantitative estimate of drug-likeness (QED) is 0.572. The maximum absolute atomic E-state index is 11.5. The fourth-order valence-electron chi connectivity index (χ4n) is 2.23. The maximum atomic E-state index is 11.5. The van der Waals surface area contributed by atoms with Crippen molar-refractivity contribution in [2.45, 2.75) is 31.3 Å². The molecule has 0 aliphatic carbocycles. The van der Waals surface area contributed by atoms with Gasteiger partial charge in [0.25, 0.3) is 0 Å². The Labute approximate surface area is 82.5 Å². The van der Waals surface area contributed by atoms with Crippen molar-refractivity contribution in [3.63, 3.8) is 0 Å². The molecule has 2 heterocycles. The lowest BCUT2D eigenvalue weighted by Gasteiger charge is -2.29. The first kappa shape index (κ1) is 9.24. The average molecular weight is 195 g/mol. The van der Waals surface area contributed by atoms with E-state index < -0.39 is 0 Å². The van der Waals surface area contributed by atoms with Gasteiger partial charge in [-0.25, -0.2) is 4.79 Å². The SMILES string of the molecule is COC(=O)[C@@H]1CC[C@H]2CC=CC(=O)N21. The lowest BCUT2D eigenvalue weighted by atomic mass is 10.1. The van der Waals surface area contributed by atoms with Gasteiger partial charge in [0.1, 0.15) is 6.04 Å². The summed E-state index contributed by atoms with van der Waals surface area (Å²) in [6, 6.07) is -0.154. The third kappa shape index (κ3) is 1.31. The van der Waals surface area contributed by atoms with E-state index in [1.807, 2.05) is 6.08 Å². The number of amides is 1. The summed E-state index contributed by atoms with van der Waals surface area (Å²) < 4.78 is 4.67. The van der Waals surface area contributed by atoms with Gasteiger partial charge in [-0.3, -0.25) is 4.79 Å². The second-order valence-electron chi connectivity index (χ2n) is 3.65. The zero-order chi connectivity index (χ0) is 10.1. The standard InChI is InChI=1S/C10H13NO3/c1-14-10(13)8-6-5-7-3-2-4-9(12)11(7)8/h2,4,7-8H,3,5-6H2,1H3/t7-,8+/m1/s1. The van der Waals surface area contributed by atoms with Crippen LogP contribution in [0.2, 0.25) is 0 Å². The van der Waals surface area contributed by atoms with E-state index >= 15 is 0 Å². The van der Waals surface area contributed by atoms with Gasteiger partial charge in [-0.1, -0.05) is 6.08 Å². The highest BCUT2D eigenvalue weighted by molar-refractivity contribution is 5.93. The number of carbonyl (C=O) groups excluding carboxylic acids is 2. The molecule has 2 aliphatic rings. The fraction of sp³-hybridized carbons (Fsp3) is 0.600. The van der Waals surface area contributed by atoms with Crippen LogP contribution >= 0.6 is 0 Å². The van der Waals surface area contributed by atoms with Crippen LogP contribution in [0.1, 0.15) is 19.3 Å². The lowest BCUT2D eigenvalue weighted by Crippen LogP contribution is -2.45. The number of hydrogen-bond donors (Lipinski definition) is 0. The number of fused-ring (bicyclic) bond motifs is 1. The Kier molecular flexibility index (Phi) is 2.27. The van der Waals surface area contributed by atoms with E-state index in [2.05, 4.69) is 4.74 Å². The molecule has 1 saturated heterocycles. The third-order valence-corrected chi connectivity index (χ3v) is 2.90. The number of rotatable bonds is 1. The van der Waals surface area contributed by atoms with Crippen LogP contribution in [-0.4, -0.2) is 36.0 Å². The highest BCUT2D eigenvalue weighted by Gasteiger charge is 2.41. The largest absolute Gasteiger partial charge is 0.467 e. The topological polar surface area (TPSA) is 46.6 Å². The molecule has 4 heteroatoms. The highest BCUT2D eigenvalue weighted by Crippen LogP contribution is 2.29. The Morgan fingerprint density at radius 1 is 1.57 bits per heavy atom. The normalized spacial score (nSPS) is 30.4. The second-order valence-corrected chi connectivity index (χ2v) is 3.65. The van der Waals surface area contributed by atoms with Gasteiger partial charge in [-0.05, 0) is 25.3 Å². The zero-order valence-electron chi connectivity index (χ0n) is 8.10.